The summed E-state index contributed by atoms with van der Waals surface area (Å²) in [5, 5.41) is 8.41. The van der Waals surface area contributed by atoms with Gasteiger partial charge in [0.15, 0.2) is 0 Å². The summed E-state index contributed by atoms with van der Waals surface area (Å²) in [6, 6.07) is 5.22. The van der Waals surface area contributed by atoms with Gasteiger partial charge in [0, 0.05) is 23.7 Å². The van der Waals surface area contributed by atoms with E-state index < -0.39 is 27.2 Å². The van der Waals surface area contributed by atoms with Crippen molar-refractivity contribution in [3.05, 3.63) is 29.3 Å². The van der Waals surface area contributed by atoms with Crippen LogP contribution in [-0.2, 0) is 13.1 Å². The number of halogens is 3. The Morgan fingerprint density at radius 1 is 1.31 bits per heavy atom. The summed E-state index contributed by atoms with van der Waals surface area (Å²) in [5.74, 6) is -5.00. The molecule has 0 saturated carbocycles. The number of carbonyl (C=O) groups is 2. The minimum absolute atomic E-state index is 0.0477. The van der Waals surface area contributed by atoms with Gasteiger partial charge in [-0.15, -0.1) is 0 Å². The van der Waals surface area contributed by atoms with Crippen LogP contribution in [0.5, 0.6) is 0 Å². The Morgan fingerprint density at radius 2 is 2.03 bits per heavy atom. The highest BCUT2D eigenvalue weighted by molar-refractivity contribution is 14.1. The third kappa shape index (κ3) is 4.72. The summed E-state index contributed by atoms with van der Waals surface area (Å²) in [6.45, 7) is 4.11. The molecule has 0 bridgehead atoms. The smallest absolute Gasteiger partial charge is 0.267 e. The van der Waals surface area contributed by atoms with E-state index in [-0.39, 0.29) is 24.9 Å². The predicted molar refractivity (Wildman–Crippen MR) is 116 cm³/mol. The number of rotatable bonds is 5. The van der Waals surface area contributed by atoms with Crippen LogP contribution in [0, 0.1) is 5.92 Å². The first kappa shape index (κ1) is 22.4. The zero-order valence-electron chi connectivity index (χ0n) is 16.5. The molecule has 5 N–H and O–H groups in total. The summed E-state index contributed by atoms with van der Waals surface area (Å²) >= 11 is 2.04. The lowest BCUT2D eigenvalue weighted by molar-refractivity contribution is -0.137. The van der Waals surface area contributed by atoms with E-state index in [0.717, 1.165) is 0 Å². The number of amides is 2. The molecule has 9 heteroatoms. The summed E-state index contributed by atoms with van der Waals surface area (Å²) in [4.78, 5) is 23.9. The van der Waals surface area contributed by atoms with Gasteiger partial charge in [-0.1, -0.05) is 34.7 Å². The summed E-state index contributed by atoms with van der Waals surface area (Å²) in [7, 11) is 0. The second-order valence-corrected chi connectivity index (χ2v) is 9.94. The molecule has 3 unspecified atom stereocenters. The van der Waals surface area contributed by atoms with Gasteiger partial charge in [-0.3, -0.25) is 14.9 Å². The van der Waals surface area contributed by atoms with E-state index in [4.69, 9.17) is 5.73 Å². The Hall–Kier alpha value is -1.33. The fourth-order valence-electron chi connectivity index (χ4n) is 4.07. The van der Waals surface area contributed by atoms with Gasteiger partial charge in [-0.25, -0.2) is 8.78 Å². The van der Waals surface area contributed by atoms with Crippen molar-refractivity contribution < 1.29 is 18.4 Å². The highest BCUT2D eigenvalue weighted by atomic mass is 127. The molecular weight excluding hydrogens is 493 g/mol. The molecule has 2 heterocycles. The van der Waals surface area contributed by atoms with E-state index in [1.165, 1.54) is 0 Å². The van der Waals surface area contributed by atoms with Crippen LogP contribution in [0.15, 0.2) is 18.2 Å². The van der Waals surface area contributed by atoms with Crippen LogP contribution in [0.1, 0.15) is 50.2 Å². The van der Waals surface area contributed by atoms with Crippen LogP contribution in [-0.4, -0.2) is 36.9 Å². The number of nitrogens with one attached hydrogen (secondary N) is 3. The molecule has 1 aromatic rings. The maximum atomic E-state index is 14.5. The Balaban J connectivity index is 1.99. The van der Waals surface area contributed by atoms with Crippen molar-refractivity contribution in [2.24, 2.45) is 11.7 Å². The van der Waals surface area contributed by atoms with Crippen LogP contribution >= 0.6 is 22.6 Å². The average Bonchev–Trinajstić information content (AvgIpc) is 2.60. The van der Waals surface area contributed by atoms with E-state index in [2.05, 4.69) is 16.0 Å². The number of hydrogen-bond acceptors (Lipinski definition) is 5. The van der Waals surface area contributed by atoms with E-state index in [9.17, 15) is 18.4 Å². The molecule has 3 atom stereocenters. The van der Waals surface area contributed by atoms with E-state index in [1.54, 1.807) is 18.2 Å². The molecule has 0 aliphatic carbocycles. The largest absolute Gasteiger partial charge is 0.383 e. The molecule has 3 rings (SSSR count). The van der Waals surface area contributed by atoms with Gasteiger partial charge in [0.05, 0.1) is 18.4 Å². The molecule has 2 saturated heterocycles. The molecule has 2 aliphatic rings. The molecule has 2 aliphatic heterocycles. The number of benzene rings is 1. The van der Waals surface area contributed by atoms with Crippen molar-refractivity contribution in [1.29, 1.82) is 0 Å². The highest BCUT2D eigenvalue weighted by Crippen LogP contribution is 2.44. The number of alkyl halides is 3. The van der Waals surface area contributed by atoms with Gasteiger partial charge in [0.2, 0.25) is 11.8 Å². The van der Waals surface area contributed by atoms with Crippen molar-refractivity contribution in [3.63, 3.8) is 0 Å². The fourth-order valence-corrected chi connectivity index (χ4v) is 5.14. The lowest BCUT2D eigenvalue weighted by Crippen LogP contribution is -2.51. The monoisotopic (exact) mass is 520 g/mol. The maximum Gasteiger partial charge on any atom is 0.267 e. The van der Waals surface area contributed by atoms with Crippen LogP contribution in [0.3, 0.4) is 0 Å². The molecule has 6 nitrogen and oxygen atoms in total. The van der Waals surface area contributed by atoms with Gasteiger partial charge >= 0.3 is 0 Å². The SMILES string of the molecule is CC(C)Nc1cc(C2CCNCC2(F)F)ccc1C(N)(I)C1CCC(=O)NC1=O. The Kier molecular flexibility index (Phi) is 6.50. The van der Waals surface area contributed by atoms with E-state index >= 15 is 0 Å². The maximum absolute atomic E-state index is 14.5. The van der Waals surface area contributed by atoms with Crippen LogP contribution in [0.2, 0.25) is 0 Å². The third-order valence-corrected chi connectivity index (χ3v) is 6.86. The van der Waals surface area contributed by atoms with Crippen molar-refractivity contribution >= 4 is 40.1 Å². The minimum Gasteiger partial charge on any atom is -0.383 e. The zero-order valence-corrected chi connectivity index (χ0v) is 18.7. The van der Waals surface area contributed by atoms with Crippen LogP contribution < -0.4 is 21.7 Å². The molecule has 1 aromatic carbocycles. The normalized spacial score (nSPS) is 26.7. The Bertz CT molecular complexity index is 801. The second-order valence-electron chi connectivity index (χ2n) is 8.15. The molecule has 0 radical (unpaired) electrons. The topological polar surface area (TPSA) is 96.2 Å². The lowest BCUT2D eigenvalue weighted by Gasteiger charge is -2.37. The first-order valence-electron chi connectivity index (χ1n) is 9.83. The minimum atomic E-state index is -2.83. The predicted octanol–water partition coefficient (Wildman–Crippen LogP) is 2.82. The molecule has 2 fully saturated rings. The van der Waals surface area contributed by atoms with E-state index in [0.29, 0.717) is 36.2 Å². The lowest BCUT2D eigenvalue weighted by atomic mass is 9.82. The Morgan fingerprint density at radius 3 is 2.66 bits per heavy atom. The fraction of sp³-hybridized carbons (Fsp3) is 0.600. The third-order valence-electron chi connectivity index (χ3n) is 5.53. The summed E-state index contributed by atoms with van der Waals surface area (Å²) in [5.41, 5.74) is 8.49. The number of hydrogen-bond donors (Lipinski definition) is 4. The number of nitrogens with two attached hydrogens (primary N) is 1. The zero-order chi connectivity index (χ0) is 21.4. The van der Waals surface area contributed by atoms with Gasteiger partial charge in [-0.05, 0) is 44.9 Å². The molecule has 0 aromatic heterocycles. The first-order chi connectivity index (χ1) is 13.5. The van der Waals surface area contributed by atoms with Crippen molar-refractivity contribution in [2.45, 2.75) is 54.5 Å². The van der Waals surface area contributed by atoms with Crippen molar-refractivity contribution in [3.8, 4) is 0 Å². The Labute approximate surface area is 182 Å². The quantitative estimate of drug-likeness (QED) is 0.207. The number of anilines is 1. The number of carbonyl (C=O) groups excluding carboxylic acids is 2. The molecule has 0 spiro atoms. The standard InChI is InChI=1S/C20H27F2IN4O2/c1-11(2)26-16-9-12(13-7-8-25-10-19(13,21)22)3-4-14(16)20(23,24)15-5-6-17(28)27-18(15)29/h3-4,9,11,13,15,25-26H,5-8,10,24H2,1-2H3,(H,27,28,29). The molecule has 160 valence electrons. The second kappa shape index (κ2) is 8.43. The number of imide groups is 1. The molecule has 29 heavy (non-hydrogen) atoms. The van der Waals surface area contributed by atoms with Gasteiger partial charge < -0.3 is 16.4 Å². The summed E-state index contributed by atoms with van der Waals surface area (Å²) in [6.07, 6.45) is 0.919. The van der Waals surface area contributed by atoms with Crippen LogP contribution in [0.25, 0.3) is 0 Å². The highest BCUT2D eigenvalue weighted by Gasteiger charge is 2.45. The van der Waals surface area contributed by atoms with Crippen molar-refractivity contribution in [2.75, 3.05) is 18.4 Å². The molecular formula is C20H27F2IN4O2. The summed E-state index contributed by atoms with van der Waals surface area (Å²) < 4.78 is 27.8. The van der Waals surface area contributed by atoms with Gasteiger partial charge in [-0.2, -0.15) is 0 Å². The average molecular weight is 520 g/mol. The van der Waals surface area contributed by atoms with E-state index in [1.807, 2.05) is 36.4 Å². The first-order valence-corrected chi connectivity index (χ1v) is 10.9. The van der Waals surface area contributed by atoms with Gasteiger partial charge in [0.25, 0.3) is 5.92 Å². The van der Waals surface area contributed by atoms with Crippen molar-refractivity contribution in [1.82, 2.24) is 10.6 Å². The number of piperidine rings is 2. The van der Waals surface area contributed by atoms with Gasteiger partial charge in [0.1, 0.15) is 3.55 Å². The molecule has 2 amide bonds. The van der Waals surface area contributed by atoms with Crippen LogP contribution in [0.4, 0.5) is 14.5 Å².